The van der Waals surface area contributed by atoms with E-state index in [9.17, 15) is 18.7 Å². The molecule has 0 bridgehead atoms. The molecule has 3 unspecified atom stereocenters. The topological polar surface area (TPSA) is 83.8 Å². The Balaban J connectivity index is 1.50. The fourth-order valence-corrected chi connectivity index (χ4v) is 8.68. The van der Waals surface area contributed by atoms with Crippen molar-refractivity contribution in [3.05, 3.63) is 0 Å². The molecule has 29 heavy (non-hydrogen) atoms. The summed E-state index contributed by atoms with van der Waals surface area (Å²) in [5.41, 5.74) is 0.358. The number of aliphatic hydroxyl groups is 1. The Hall–Kier alpha value is -0.0800. The van der Waals surface area contributed by atoms with Gasteiger partial charge in [0, 0.05) is 23.7 Å². The minimum absolute atomic E-state index is 0.0229. The summed E-state index contributed by atoms with van der Waals surface area (Å²) >= 11 is 4.37. The van der Waals surface area contributed by atoms with Crippen LogP contribution < -0.4 is 0 Å². The molecule has 0 aliphatic heterocycles. The van der Waals surface area contributed by atoms with Gasteiger partial charge in [0.2, 0.25) is 0 Å². The molecule has 0 heterocycles. The molecule has 4 saturated carbocycles. The van der Waals surface area contributed by atoms with Crippen LogP contribution in [0.4, 0.5) is 0 Å². The summed E-state index contributed by atoms with van der Waals surface area (Å²) < 4.78 is 25.2. The fourth-order valence-electron chi connectivity index (χ4n) is 8.27. The van der Waals surface area contributed by atoms with Crippen LogP contribution in [0.5, 0.6) is 0 Å². The van der Waals surface area contributed by atoms with Crippen molar-refractivity contribution >= 4 is 26.0 Å². The Morgan fingerprint density at radius 3 is 2.45 bits per heavy atom. The normalized spacial score (nSPS) is 48.8. The van der Waals surface area contributed by atoms with E-state index in [4.69, 9.17) is 4.18 Å². The molecule has 0 aromatic heterocycles. The van der Waals surface area contributed by atoms with Gasteiger partial charge in [-0.1, -0.05) is 13.8 Å². The summed E-state index contributed by atoms with van der Waals surface area (Å²) in [5.74, 6) is 3.05. The molecule has 0 amide bonds. The first-order chi connectivity index (χ1) is 13.6. The van der Waals surface area contributed by atoms with E-state index in [1.54, 1.807) is 0 Å². The zero-order valence-corrected chi connectivity index (χ0v) is 19.3. The van der Waals surface area contributed by atoms with Gasteiger partial charge < -0.3 is 5.11 Å². The Labute approximate surface area is 180 Å². The van der Waals surface area contributed by atoms with E-state index >= 15 is 0 Å². The minimum atomic E-state index is -3.75. The molecule has 4 fully saturated rings. The summed E-state index contributed by atoms with van der Waals surface area (Å²) in [6.07, 6.45) is 10.2. The third-order valence-electron chi connectivity index (χ3n) is 9.77. The molecular weight excluding hydrogens is 408 g/mol. The Morgan fingerprint density at radius 2 is 1.76 bits per heavy atom. The van der Waals surface area contributed by atoms with Crippen molar-refractivity contribution in [3.63, 3.8) is 0 Å². The zero-order chi connectivity index (χ0) is 21.0. The Morgan fingerprint density at radius 1 is 1.07 bits per heavy atom. The maximum absolute atomic E-state index is 12.8. The molecule has 5 nitrogen and oxygen atoms in total. The van der Waals surface area contributed by atoms with Crippen LogP contribution in [0.25, 0.3) is 0 Å². The molecule has 0 spiro atoms. The lowest BCUT2D eigenvalue weighted by molar-refractivity contribution is -0.139. The van der Waals surface area contributed by atoms with Crippen molar-refractivity contribution in [3.8, 4) is 0 Å². The molecule has 4 aliphatic carbocycles. The number of hydrogen-bond acceptors (Lipinski definition) is 5. The van der Waals surface area contributed by atoms with Crippen LogP contribution in [0.2, 0.25) is 0 Å². The van der Waals surface area contributed by atoms with Crippen molar-refractivity contribution in [2.45, 2.75) is 71.6 Å². The second-order valence-electron chi connectivity index (χ2n) is 10.8. The van der Waals surface area contributed by atoms with Crippen molar-refractivity contribution < 1.29 is 22.8 Å². The number of carbonyl (C=O) groups excluding carboxylic acids is 1. The van der Waals surface area contributed by atoms with E-state index in [1.165, 1.54) is 32.1 Å². The summed E-state index contributed by atoms with van der Waals surface area (Å²) in [7, 11) is -3.75. The van der Waals surface area contributed by atoms with Crippen LogP contribution in [0.1, 0.15) is 71.6 Å². The van der Waals surface area contributed by atoms with Crippen LogP contribution >= 0.6 is 0 Å². The largest absolute Gasteiger partial charge is 0.396 e. The van der Waals surface area contributed by atoms with Gasteiger partial charge in [-0.2, -0.15) is 4.21 Å². The van der Waals surface area contributed by atoms with E-state index in [-0.39, 0.29) is 23.7 Å². The van der Waals surface area contributed by atoms with Gasteiger partial charge in [0.15, 0.2) is 5.78 Å². The van der Waals surface area contributed by atoms with Crippen LogP contribution in [-0.2, 0) is 29.2 Å². The second kappa shape index (κ2) is 7.80. The maximum Gasteiger partial charge on any atom is 0.266 e. The summed E-state index contributed by atoms with van der Waals surface area (Å²) in [6.45, 7) is 4.78. The van der Waals surface area contributed by atoms with Crippen molar-refractivity contribution in [1.82, 2.24) is 0 Å². The van der Waals surface area contributed by atoms with Crippen LogP contribution in [-0.4, -0.2) is 32.9 Å². The molecular formula is C22H36O5S2. The van der Waals surface area contributed by atoms with Gasteiger partial charge in [-0.15, -0.1) is 0 Å². The summed E-state index contributed by atoms with van der Waals surface area (Å²) in [4.78, 5) is 12.8. The molecule has 2 N–H and O–H groups in total. The zero-order valence-electron chi connectivity index (χ0n) is 17.7. The molecule has 0 aromatic rings. The molecule has 7 heteroatoms. The number of hydrogen-bond donors (Lipinski definition) is 2. The molecule has 9 atom stereocenters. The van der Waals surface area contributed by atoms with Crippen molar-refractivity contribution in [1.29, 1.82) is 0 Å². The summed E-state index contributed by atoms with van der Waals surface area (Å²) in [6, 6.07) is 0. The van der Waals surface area contributed by atoms with Gasteiger partial charge in [0.1, 0.15) is 6.61 Å². The van der Waals surface area contributed by atoms with Gasteiger partial charge in [-0.05, 0) is 98.2 Å². The lowest BCUT2D eigenvalue weighted by Crippen LogP contribution is -2.54. The van der Waals surface area contributed by atoms with Gasteiger partial charge in [0.25, 0.3) is 9.05 Å². The fraction of sp³-hybridized carbons (Fsp3) is 0.955. The van der Waals surface area contributed by atoms with Crippen LogP contribution in [0.15, 0.2) is 0 Å². The van der Waals surface area contributed by atoms with Crippen LogP contribution in [0, 0.1) is 46.3 Å². The highest BCUT2D eigenvalue weighted by Gasteiger charge is 2.61. The second-order valence-corrected chi connectivity index (χ2v) is 13.2. The molecule has 0 aromatic carbocycles. The predicted molar refractivity (Wildman–Crippen MR) is 115 cm³/mol. The Bertz CT molecular complexity index is 752. The lowest BCUT2D eigenvalue weighted by Gasteiger charge is -2.61. The van der Waals surface area contributed by atoms with E-state index < -0.39 is 9.05 Å². The SMILES string of the molecule is C[C@]12CCC3C(CC[C@H]4C[C@H](CO)CC[C@]34C)[C@@H]1CC[C@@H]2C(=O)COS(=O)(O)=S. The minimum Gasteiger partial charge on any atom is -0.396 e. The van der Waals surface area contributed by atoms with Crippen molar-refractivity contribution in [2.75, 3.05) is 13.2 Å². The molecule has 4 aliphatic rings. The number of ketones is 1. The summed E-state index contributed by atoms with van der Waals surface area (Å²) in [5, 5.41) is 9.65. The highest BCUT2D eigenvalue weighted by molar-refractivity contribution is 8.27. The smallest absolute Gasteiger partial charge is 0.266 e. The third kappa shape index (κ3) is 3.84. The number of Topliss-reactive ketones (excluding diaryl/α,β-unsaturated/α-hetero) is 1. The van der Waals surface area contributed by atoms with Gasteiger partial charge in [-0.25, -0.2) is 0 Å². The van der Waals surface area contributed by atoms with Crippen molar-refractivity contribution in [2.24, 2.45) is 46.3 Å². The highest BCUT2D eigenvalue weighted by Crippen LogP contribution is 2.67. The number of rotatable bonds is 5. The van der Waals surface area contributed by atoms with E-state index in [2.05, 4.69) is 25.0 Å². The Kier molecular flexibility index (Phi) is 5.95. The highest BCUT2D eigenvalue weighted by atomic mass is 32.9. The first-order valence-corrected chi connectivity index (χ1v) is 13.7. The van der Waals surface area contributed by atoms with Gasteiger partial charge in [0.05, 0.1) is 0 Å². The van der Waals surface area contributed by atoms with Crippen LogP contribution in [0.3, 0.4) is 0 Å². The molecule has 0 radical (unpaired) electrons. The maximum atomic E-state index is 12.8. The van der Waals surface area contributed by atoms with Gasteiger partial charge >= 0.3 is 0 Å². The first-order valence-electron chi connectivity index (χ1n) is 11.3. The first kappa shape index (κ1) is 22.1. The van der Waals surface area contributed by atoms with E-state index in [0.717, 1.165) is 37.5 Å². The monoisotopic (exact) mass is 444 g/mol. The third-order valence-corrected chi connectivity index (χ3v) is 10.5. The molecule has 166 valence electrons. The number of fused-ring (bicyclic) bond motifs is 5. The predicted octanol–water partition coefficient (Wildman–Crippen LogP) is 3.97. The van der Waals surface area contributed by atoms with E-state index in [0.29, 0.717) is 29.8 Å². The quantitative estimate of drug-likeness (QED) is 0.667. The number of carbonyl (C=O) groups is 1. The number of aliphatic hydroxyl groups excluding tert-OH is 1. The average molecular weight is 445 g/mol. The standard InChI is InChI=1S/C22H36O5S2/c1-21-9-7-14(12-23)11-15(21)3-4-16-17-5-6-19(20(24)13-27-29(25,26)28)22(17,2)10-8-18(16)21/h14-19,23H,3-13H2,1-2H3,(H,25,26,28)/t14-,15+,16?,17+,18?,19-,21+,22+/m1/s1. The van der Waals surface area contributed by atoms with E-state index in [1.807, 2.05) is 0 Å². The molecule has 4 rings (SSSR count). The lowest BCUT2D eigenvalue weighted by atomic mass is 9.44. The average Bonchev–Trinajstić information content (AvgIpc) is 3.02. The molecule has 0 saturated heterocycles. The van der Waals surface area contributed by atoms with Gasteiger partial charge in [-0.3, -0.25) is 13.5 Å².